The zero-order valence-corrected chi connectivity index (χ0v) is 17.4. The Morgan fingerprint density at radius 3 is 1.90 bits per heavy atom. The van der Waals surface area contributed by atoms with Crippen LogP contribution in [0.2, 0.25) is 0 Å². The molecule has 2 rings (SSSR count). The van der Waals surface area contributed by atoms with E-state index < -0.39 is 47.2 Å². The van der Waals surface area contributed by atoms with Crippen LogP contribution in [0.15, 0.2) is 29.4 Å². The van der Waals surface area contributed by atoms with Gasteiger partial charge in [0.15, 0.2) is 5.72 Å². The predicted octanol–water partition coefficient (Wildman–Crippen LogP) is 4.52. The number of benzene rings is 1. The maximum atomic E-state index is 14.3. The summed E-state index contributed by atoms with van der Waals surface area (Å²) in [6.45, 7) is 3.92. The first-order valence-electron chi connectivity index (χ1n) is 9.02. The number of carbonyl (C=O) groups excluding carboxylic acids is 1. The minimum Gasteiger partial charge on any atom is -0.378 e. The van der Waals surface area contributed by atoms with Gasteiger partial charge in [-0.3, -0.25) is 4.79 Å². The Morgan fingerprint density at radius 2 is 1.52 bits per heavy atom. The van der Waals surface area contributed by atoms with Crippen molar-refractivity contribution in [3.63, 3.8) is 0 Å². The van der Waals surface area contributed by atoms with Gasteiger partial charge in [0.25, 0.3) is 5.91 Å². The van der Waals surface area contributed by atoms with Crippen LogP contribution in [0, 0.1) is 5.41 Å². The van der Waals surface area contributed by atoms with Gasteiger partial charge in [0.05, 0.1) is 0 Å². The highest BCUT2D eigenvalue weighted by atomic mass is 19.4. The topological polar surface area (TPSA) is 56.1 Å². The number of amides is 1. The van der Waals surface area contributed by atoms with Crippen molar-refractivity contribution in [1.82, 2.24) is 5.01 Å². The lowest BCUT2D eigenvalue weighted by Crippen LogP contribution is -2.58. The van der Waals surface area contributed by atoms with Crippen LogP contribution in [-0.4, -0.2) is 59.6 Å². The second-order valence-corrected chi connectivity index (χ2v) is 8.49. The summed E-state index contributed by atoms with van der Waals surface area (Å²) in [6.07, 6.45) is -7.96. The van der Waals surface area contributed by atoms with Crippen LogP contribution in [0.3, 0.4) is 0 Å². The molecule has 0 bridgehead atoms. The van der Waals surface area contributed by atoms with Crippen molar-refractivity contribution in [2.24, 2.45) is 10.5 Å². The molecule has 1 N–H and O–H groups in total. The second-order valence-electron chi connectivity index (χ2n) is 8.49. The van der Waals surface area contributed by atoms with Crippen molar-refractivity contribution in [2.75, 3.05) is 19.0 Å². The molecule has 174 valence electrons. The number of rotatable bonds is 4. The average molecular weight is 457 g/mol. The second kappa shape index (κ2) is 7.35. The van der Waals surface area contributed by atoms with Gasteiger partial charge in [0, 0.05) is 37.2 Å². The fourth-order valence-corrected chi connectivity index (χ4v) is 2.90. The van der Waals surface area contributed by atoms with Crippen LogP contribution in [0.4, 0.5) is 36.4 Å². The number of hydrazone groups is 1. The molecule has 1 aliphatic heterocycles. The van der Waals surface area contributed by atoms with Crippen molar-refractivity contribution >= 4 is 17.3 Å². The normalized spacial score (nSPS) is 20.7. The van der Waals surface area contributed by atoms with Gasteiger partial charge in [0.2, 0.25) is 0 Å². The average Bonchev–Trinajstić information content (AvgIpc) is 2.99. The molecule has 1 amide bonds. The fourth-order valence-electron chi connectivity index (χ4n) is 2.90. The van der Waals surface area contributed by atoms with E-state index in [2.05, 4.69) is 5.10 Å². The Morgan fingerprint density at radius 1 is 1.03 bits per heavy atom. The number of aliphatic hydroxyl groups is 1. The summed E-state index contributed by atoms with van der Waals surface area (Å²) in [6, 6.07) is 5.57. The Balaban J connectivity index is 2.56. The van der Waals surface area contributed by atoms with E-state index in [1.807, 2.05) is 0 Å². The molecule has 5 nitrogen and oxygen atoms in total. The molecule has 0 aliphatic carbocycles. The van der Waals surface area contributed by atoms with E-state index >= 15 is 0 Å². The lowest BCUT2D eigenvalue weighted by molar-refractivity contribution is -0.336. The monoisotopic (exact) mass is 457 g/mol. The third-order valence-electron chi connectivity index (χ3n) is 5.12. The van der Waals surface area contributed by atoms with E-state index in [9.17, 15) is 40.6 Å². The highest BCUT2D eigenvalue weighted by Crippen LogP contribution is 2.51. The van der Waals surface area contributed by atoms with Crippen molar-refractivity contribution in [3.8, 4) is 0 Å². The Labute approximate surface area is 174 Å². The maximum absolute atomic E-state index is 14.3. The van der Waals surface area contributed by atoms with E-state index in [1.165, 1.54) is 45.0 Å². The first-order valence-corrected chi connectivity index (χ1v) is 9.02. The highest BCUT2D eigenvalue weighted by Gasteiger charge is 2.76. The Bertz CT molecular complexity index is 874. The SMILES string of the molecule is CN(C)c1ccc(C(=O)N2N=C(C(F)(F)C(F)(F)C(F)(F)F)C[C@]2(O)C(C)(C)C)cc1. The van der Waals surface area contributed by atoms with Crippen molar-refractivity contribution in [1.29, 1.82) is 0 Å². The molecule has 31 heavy (non-hydrogen) atoms. The standard InChI is InChI=1S/C19H22F7N3O2/c1-15(2,3)16(31)10-13(17(20,21)18(22,23)19(24,25)26)27-29(16)14(30)11-6-8-12(9-7-11)28(4)5/h6-9,31H,10H2,1-5H3/t16-/m0/s1. The lowest BCUT2D eigenvalue weighted by Gasteiger charge is -2.41. The molecule has 0 saturated carbocycles. The molecular weight excluding hydrogens is 435 g/mol. The summed E-state index contributed by atoms with van der Waals surface area (Å²) in [5.41, 5.74) is -5.41. The van der Waals surface area contributed by atoms with E-state index in [1.54, 1.807) is 19.0 Å². The van der Waals surface area contributed by atoms with Crippen LogP contribution >= 0.6 is 0 Å². The lowest BCUT2D eigenvalue weighted by atomic mass is 9.79. The molecule has 12 heteroatoms. The van der Waals surface area contributed by atoms with Crippen LogP contribution in [0.1, 0.15) is 37.6 Å². The number of nitrogens with zero attached hydrogens (tertiary/aromatic N) is 3. The van der Waals surface area contributed by atoms with Crippen LogP contribution in [0.25, 0.3) is 0 Å². The predicted molar refractivity (Wildman–Crippen MR) is 99.3 cm³/mol. The molecule has 0 spiro atoms. The molecule has 1 atom stereocenters. The third-order valence-corrected chi connectivity index (χ3v) is 5.12. The molecule has 0 aromatic heterocycles. The van der Waals surface area contributed by atoms with Gasteiger partial charge >= 0.3 is 18.0 Å². The molecular formula is C19H22F7N3O2. The van der Waals surface area contributed by atoms with Gasteiger partial charge < -0.3 is 10.0 Å². The molecule has 1 aromatic carbocycles. The smallest absolute Gasteiger partial charge is 0.378 e. The zero-order chi connectivity index (χ0) is 24.2. The minimum absolute atomic E-state index is 0.135. The molecule has 1 aromatic rings. The summed E-state index contributed by atoms with van der Waals surface area (Å²) in [5, 5.41) is 14.3. The molecule has 0 fully saturated rings. The van der Waals surface area contributed by atoms with Crippen LogP contribution in [0.5, 0.6) is 0 Å². The van der Waals surface area contributed by atoms with Crippen molar-refractivity contribution in [3.05, 3.63) is 29.8 Å². The largest absolute Gasteiger partial charge is 0.460 e. The summed E-state index contributed by atoms with van der Waals surface area (Å²) in [4.78, 5) is 14.6. The van der Waals surface area contributed by atoms with Gasteiger partial charge in [-0.25, -0.2) is 0 Å². The van der Waals surface area contributed by atoms with Crippen LogP contribution in [-0.2, 0) is 0 Å². The number of hydrogen-bond acceptors (Lipinski definition) is 4. The number of halogens is 7. The quantitative estimate of drug-likeness (QED) is 0.677. The minimum atomic E-state index is -6.57. The van der Waals surface area contributed by atoms with Gasteiger partial charge in [-0.2, -0.15) is 40.8 Å². The molecule has 0 unspecified atom stereocenters. The Kier molecular flexibility index (Phi) is 5.90. The number of alkyl halides is 7. The van der Waals surface area contributed by atoms with E-state index in [-0.39, 0.29) is 10.6 Å². The summed E-state index contributed by atoms with van der Waals surface area (Å²) < 4.78 is 93.4. The first kappa shape index (κ1) is 24.9. The number of carbonyl (C=O) groups is 1. The summed E-state index contributed by atoms with van der Waals surface area (Å²) in [7, 11) is 3.43. The first-order chi connectivity index (χ1) is 13.8. The van der Waals surface area contributed by atoms with Gasteiger partial charge in [-0.05, 0) is 24.3 Å². The summed E-state index contributed by atoms with van der Waals surface area (Å²) in [5.74, 6) is -13.4. The summed E-state index contributed by atoms with van der Waals surface area (Å²) >= 11 is 0. The maximum Gasteiger partial charge on any atom is 0.460 e. The third kappa shape index (κ3) is 3.97. The van der Waals surface area contributed by atoms with Crippen molar-refractivity contribution < 1.29 is 40.6 Å². The van der Waals surface area contributed by atoms with Crippen molar-refractivity contribution in [2.45, 2.75) is 50.9 Å². The zero-order valence-electron chi connectivity index (χ0n) is 17.4. The van der Waals surface area contributed by atoms with E-state index in [0.717, 1.165) is 0 Å². The van der Waals surface area contributed by atoms with Crippen LogP contribution < -0.4 is 4.90 Å². The van der Waals surface area contributed by atoms with Gasteiger partial charge in [-0.1, -0.05) is 20.8 Å². The number of hydrogen-bond donors (Lipinski definition) is 1. The Hall–Kier alpha value is -2.37. The van der Waals surface area contributed by atoms with Gasteiger partial charge in [-0.15, -0.1) is 0 Å². The molecule has 0 saturated heterocycles. The molecule has 1 aliphatic rings. The van der Waals surface area contributed by atoms with E-state index in [0.29, 0.717) is 5.69 Å². The van der Waals surface area contributed by atoms with Gasteiger partial charge in [0.1, 0.15) is 5.71 Å². The highest BCUT2D eigenvalue weighted by molar-refractivity contribution is 6.01. The molecule has 1 heterocycles. The fraction of sp³-hybridized carbons (Fsp3) is 0.579. The molecule has 0 radical (unpaired) electrons. The number of anilines is 1. The van der Waals surface area contributed by atoms with E-state index in [4.69, 9.17) is 0 Å².